The summed E-state index contributed by atoms with van der Waals surface area (Å²) in [6, 6.07) is 11.6. The van der Waals surface area contributed by atoms with Crippen molar-refractivity contribution in [2.75, 3.05) is 26.4 Å². The van der Waals surface area contributed by atoms with E-state index in [0.29, 0.717) is 19.8 Å². The third-order valence-electron chi connectivity index (χ3n) is 5.62. The molecule has 0 aliphatic carbocycles. The number of rotatable bonds is 12. The van der Waals surface area contributed by atoms with Crippen LogP contribution in [0.4, 0.5) is 0 Å². The van der Waals surface area contributed by atoms with Crippen LogP contribution in [0.2, 0.25) is 24.2 Å². The molecule has 4 nitrogen and oxygen atoms in total. The van der Waals surface area contributed by atoms with Crippen LogP contribution in [0.5, 0.6) is 0 Å². The molecule has 0 atom stereocenters. The molecule has 0 aliphatic heterocycles. The lowest BCUT2D eigenvalue weighted by Crippen LogP contribution is -2.57. The molecule has 0 unspecified atom stereocenters. The summed E-state index contributed by atoms with van der Waals surface area (Å²) in [7, 11) is -4.33. The van der Waals surface area contributed by atoms with E-state index in [1.165, 1.54) is 5.56 Å². The van der Waals surface area contributed by atoms with Gasteiger partial charge in [-0.15, -0.1) is 0 Å². The predicted octanol–water partition coefficient (Wildman–Crippen LogP) is 5.54. The molecule has 0 saturated carbocycles. The maximum absolute atomic E-state index is 6.09. The number of nitrogens with zero attached hydrogens (tertiary/aromatic N) is 1. The molecule has 0 amide bonds. The highest BCUT2D eigenvalue weighted by molar-refractivity contribution is 6.77. The highest BCUT2D eigenvalue weighted by Crippen LogP contribution is 2.39. The van der Waals surface area contributed by atoms with Crippen molar-refractivity contribution >= 4 is 17.0 Å². The summed E-state index contributed by atoms with van der Waals surface area (Å²) in [6.45, 7) is 21.9. The molecule has 6 heteroatoms. The summed E-state index contributed by atoms with van der Waals surface area (Å²) >= 11 is 0. The van der Waals surface area contributed by atoms with Crippen molar-refractivity contribution in [3.8, 4) is 0 Å². The zero-order valence-corrected chi connectivity index (χ0v) is 20.8. The van der Waals surface area contributed by atoms with E-state index in [4.69, 9.17) is 13.3 Å². The summed E-state index contributed by atoms with van der Waals surface area (Å²) in [6.07, 6.45) is 0. The van der Waals surface area contributed by atoms with E-state index >= 15 is 0 Å². The van der Waals surface area contributed by atoms with E-state index in [9.17, 15) is 0 Å². The third kappa shape index (κ3) is 7.11. The highest BCUT2D eigenvalue weighted by Gasteiger charge is 2.45. The first kappa shape index (κ1) is 24.5. The van der Waals surface area contributed by atoms with Crippen LogP contribution in [0.1, 0.15) is 47.1 Å². The molecule has 0 aliphatic rings. The van der Waals surface area contributed by atoms with Gasteiger partial charge in [-0.2, -0.15) is 0 Å². The Kier molecular flexibility index (Phi) is 9.89. The zero-order chi connectivity index (χ0) is 20.6. The molecule has 27 heavy (non-hydrogen) atoms. The molecule has 0 spiro atoms. The third-order valence-corrected chi connectivity index (χ3v) is 14.3. The molecule has 0 fully saturated rings. The minimum Gasteiger partial charge on any atom is -0.374 e. The van der Waals surface area contributed by atoms with Crippen LogP contribution in [0.15, 0.2) is 30.3 Å². The Labute approximate surface area is 169 Å². The first-order chi connectivity index (χ1) is 12.6. The predicted molar refractivity (Wildman–Crippen MR) is 119 cm³/mol. The quantitative estimate of drug-likeness (QED) is 0.422. The van der Waals surface area contributed by atoms with Crippen molar-refractivity contribution < 1.29 is 13.3 Å². The van der Waals surface area contributed by atoms with Gasteiger partial charge in [-0.3, -0.25) is 0 Å². The van der Waals surface area contributed by atoms with Gasteiger partial charge in [-0.25, -0.2) is 0 Å². The summed E-state index contributed by atoms with van der Waals surface area (Å²) in [4.78, 5) is 0. The summed E-state index contributed by atoms with van der Waals surface area (Å²) < 4.78 is 21.0. The Morgan fingerprint density at radius 1 is 0.852 bits per heavy atom. The van der Waals surface area contributed by atoms with Crippen LogP contribution >= 0.6 is 0 Å². The Bertz CT molecular complexity index is 515. The monoisotopic (exact) mass is 411 g/mol. The average molecular weight is 412 g/mol. The van der Waals surface area contributed by atoms with Crippen LogP contribution in [0.3, 0.4) is 0 Å². The van der Waals surface area contributed by atoms with Crippen molar-refractivity contribution in [3.63, 3.8) is 0 Å². The Hall–Kier alpha value is -0.506. The SMILES string of the molecule is CCO[Si](CCN(Cc1ccccc1)[Si](C)(C)C(C)(C)C)(OCC)OCC. The second kappa shape index (κ2) is 10.9. The van der Waals surface area contributed by atoms with E-state index in [1.54, 1.807) is 0 Å². The van der Waals surface area contributed by atoms with E-state index in [2.05, 4.69) is 68.8 Å². The second-order valence-corrected chi connectivity index (χ2v) is 16.4. The molecule has 0 heterocycles. The number of benzene rings is 1. The Balaban J connectivity index is 3.07. The smallest absolute Gasteiger partial charge is 0.374 e. The summed E-state index contributed by atoms with van der Waals surface area (Å²) in [5.41, 5.74) is 1.36. The van der Waals surface area contributed by atoms with Crippen LogP contribution in [0, 0.1) is 0 Å². The molecule has 0 N–H and O–H groups in total. The topological polar surface area (TPSA) is 30.9 Å². The standard InChI is InChI=1S/C21H41NO3Si2/c1-9-23-27(24-10-2,25-11-3)18-17-22(26(7,8)21(4,5)6)19-20-15-13-12-14-16-20/h12-16H,9-11,17-19H2,1-8H3. The number of hydrogen-bond donors (Lipinski definition) is 0. The average Bonchev–Trinajstić information content (AvgIpc) is 2.59. The van der Waals surface area contributed by atoms with Crippen molar-refractivity contribution in [2.45, 2.75) is 72.3 Å². The van der Waals surface area contributed by atoms with Gasteiger partial charge < -0.3 is 17.8 Å². The van der Waals surface area contributed by atoms with Crippen molar-refractivity contribution in [2.24, 2.45) is 0 Å². The zero-order valence-electron chi connectivity index (χ0n) is 18.8. The first-order valence-corrected chi connectivity index (χ1v) is 15.2. The van der Waals surface area contributed by atoms with Crippen LogP contribution < -0.4 is 0 Å². The maximum atomic E-state index is 6.09. The number of hydrogen-bond acceptors (Lipinski definition) is 4. The van der Waals surface area contributed by atoms with Crippen LogP contribution in [-0.2, 0) is 19.8 Å². The molecule has 1 rings (SSSR count). The van der Waals surface area contributed by atoms with Gasteiger partial charge in [0, 0.05) is 32.4 Å². The van der Waals surface area contributed by atoms with Crippen molar-refractivity contribution in [1.82, 2.24) is 4.57 Å². The minimum atomic E-state index is -2.63. The van der Waals surface area contributed by atoms with E-state index in [1.807, 2.05) is 20.8 Å². The van der Waals surface area contributed by atoms with E-state index in [-0.39, 0.29) is 5.04 Å². The lowest BCUT2D eigenvalue weighted by atomic mass is 10.2. The van der Waals surface area contributed by atoms with Gasteiger partial charge >= 0.3 is 8.80 Å². The molecule has 1 aromatic carbocycles. The lowest BCUT2D eigenvalue weighted by Gasteiger charge is -2.47. The Morgan fingerprint density at radius 2 is 1.33 bits per heavy atom. The van der Waals surface area contributed by atoms with Gasteiger partial charge in [0.15, 0.2) is 0 Å². The second-order valence-electron chi connectivity index (χ2n) is 8.45. The van der Waals surface area contributed by atoms with Gasteiger partial charge in [0.2, 0.25) is 0 Å². The molecule has 0 radical (unpaired) electrons. The normalized spacial score (nSPS) is 13.4. The van der Waals surface area contributed by atoms with Crippen molar-refractivity contribution in [3.05, 3.63) is 35.9 Å². The molecule has 0 saturated heterocycles. The Morgan fingerprint density at radius 3 is 1.74 bits per heavy atom. The fraction of sp³-hybridized carbons (Fsp3) is 0.714. The van der Waals surface area contributed by atoms with Gasteiger partial charge in [0.1, 0.15) is 8.24 Å². The summed E-state index contributed by atoms with van der Waals surface area (Å²) in [5.74, 6) is 0. The minimum absolute atomic E-state index is 0.273. The highest BCUT2D eigenvalue weighted by atomic mass is 28.4. The van der Waals surface area contributed by atoms with Gasteiger partial charge in [0.25, 0.3) is 0 Å². The fourth-order valence-electron chi connectivity index (χ4n) is 3.11. The van der Waals surface area contributed by atoms with Crippen molar-refractivity contribution in [1.29, 1.82) is 0 Å². The molecule has 0 bridgehead atoms. The van der Waals surface area contributed by atoms with E-state index < -0.39 is 17.0 Å². The molecule has 156 valence electrons. The summed E-state index contributed by atoms with van der Waals surface area (Å²) in [5, 5.41) is 0.273. The molecule has 0 aromatic heterocycles. The van der Waals surface area contributed by atoms with Gasteiger partial charge in [-0.05, 0) is 37.9 Å². The van der Waals surface area contributed by atoms with Gasteiger partial charge in [-0.1, -0.05) is 64.2 Å². The lowest BCUT2D eigenvalue weighted by molar-refractivity contribution is 0.0696. The largest absolute Gasteiger partial charge is 0.502 e. The van der Waals surface area contributed by atoms with Gasteiger partial charge in [0.05, 0.1) is 0 Å². The molecule has 1 aromatic rings. The van der Waals surface area contributed by atoms with E-state index in [0.717, 1.165) is 19.1 Å². The van der Waals surface area contributed by atoms with Crippen LogP contribution in [0.25, 0.3) is 0 Å². The molecular weight excluding hydrogens is 370 g/mol. The fourth-order valence-corrected chi connectivity index (χ4v) is 8.07. The maximum Gasteiger partial charge on any atom is 0.502 e. The first-order valence-electron chi connectivity index (χ1n) is 10.3. The molecular formula is C21H41NO3Si2. The van der Waals surface area contributed by atoms with Crippen LogP contribution in [-0.4, -0.2) is 48.0 Å².